The molecule has 2 amide bonds. The largest absolute Gasteiger partial charge is 0.479 e. The maximum Gasteiger partial charge on any atom is 0.332 e. The molecule has 0 heterocycles. The summed E-state index contributed by atoms with van der Waals surface area (Å²) in [5.41, 5.74) is 0. The Balaban J connectivity index is 3.67. The number of carbonyl (C=O) groups is 2. The summed E-state index contributed by atoms with van der Waals surface area (Å²) in [6.07, 6.45) is -1.51. The van der Waals surface area contributed by atoms with Gasteiger partial charge in [0.15, 0.2) is 6.10 Å². The molecule has 15 heavy (non-hydrogen) atoms. The lowest BCUT2D eigenvalue weighted by molar-refractivity contribution is -0.146. The molecule has 7 nitrogen and oxygen atoms in total. The van der Waals surface area contributed by atoms with E-state index in [1.165, 1.54) is 11.9 Å². The van der Waals surface area contributed by atoms with Gasteiger partial charge >= 0.3 is 12.0 Å². The number of aliphatic hydroxyl groups is 2. The summed E-state index contributed by atoms with van der Waals surface area (Å²) in [6, 6.07) is -0.415. The molecule has 1 atom stereocenters. The van der Waals surface area contributed by atoms with Crippen molar-refractivity contribution >= 4 is 12.0 Å². The first-order valence-corrected chi connectivity index (χ1v) is 4.49. The Bertz CT molecular complexity index is 221. The Hall–Kier alpha value is -1.34. The van der Waals surface area contributed by atoms with E-state index in [1.807, 2.05) is 0 Å². The molecule has 88 valence electrons. The normalized spacial score (nSPS) is 11.9. The Morgan fingerprint density at radius 1 is 1.47 bits per heavy atom. The topological polar surface area (TPSA) is 110 Å². The second-order valence-corrected chi connectivity index (χ2v) is 3.02. The van der Waals surface area contributed by atoms with Crippen molar-refractivity contribution in [2.45, 2.75) is 12.5 Å². The molecule has 0 fully saturated rings. The first kappa shape index (κ1) is 13.7. The standard InChI is InChI=1S/C8H16N2O5/c1-10(4-5-11)8(15)9-3-2-6(12)7(13)14/h6,11-12H,2-5H2,1H3,(H,9,15)(H,13,14)/t6-/m0/s1. The van der Waals surface area contributed by atoms with Gasteiger partial charge < -0.3 is 25.5 Å². The van der Waals surface area contributed by atoms with E-state index >= 15 is 0 Å². The number of carboxylic acid groups (broad SMARTS) is 1. The maximum atomic E-state index is 11.2. The number of carbonyl (C=O) groups excluding carboxylic acids is 1. The summed E-state index contributed by atoms with van der Waals surface area (Å²) in [7, 11) is 1.50. The highest BCUT2D eigenvalue weighted by molar-refractivity contribution is 5.74. The molecule has 4 N–H and O–H groups in total. The molecule has 0 saturated heterocycles. The first-order valence-electron chi connectivity index (χ1n) is 4.49. The van der Waals surface area contributed by atoms with Crippen LogP contribution in [0.15, 0.2) is 0 Å². The number of amides is 2. The third-order valence-electron chi connectivity index (χ3n) is 1.76. The highest BCUT2D eigenvalue weighted by atomic mass is 16.4. The van der Waals surface area contributed by atoms with Crippen LogP contribution in [0.25, 0.3) is 0 Å². The van der Waals surface area contributed by atoms with E-state index < -0.39 is 18.1 Å². The van der Waals surface area contributed by atoms with Crippen LogP contribution in [0.4, 0.5) is 4.79 Å². The van der Waals surface area contributed by atoms with Crippen LogP contribution in [0.5, 0.6) is 0 Å². The number of hydrogen-bond acceptors (Lipinski definition) is 4. The van der Waals surface area contributed by atoms with Gasteiger partial charge in [0.05, 0.1) is 6.61 Å². The molecule has 0 aromatic heterocycles. The van der Waals surface area contributed by atoms with Crippen molar-refractivity contribution in [3.05, 3.63) is 0 Å². The van der Waals surface area contributed by atoms with Crippen molar-refractivity contribution in [1.82, 2.24) is 10.2 Å². The molecule has 0 aliphatic carbocycles. The third-order valence-corrected chi connectivity index (χ3v) is 1.76. The molecule has 0 spiro atoms. The van der Waals surface area contributed by atoms with Gasteiger partial charge in [-0.25, -0.2) is 9.59 Å². The van der Waals surface area contributed by atoms with Gasteiger partial charge in [-0.3, -0.25) is 0 Å². The van der Waals surface area contributed by atoms with Crippen LogP contribution in [0.3, 0.4) is 0 Å². The summed E-state index contributed by atoms with van der Waals surface area (Å²) in [5.74, 6) is -1.31. The van der Waals surface area contributed by atoms with Crippen molar-refractivity contribution in [2.24, 2.45) is 0 Å². The summed E-state index contributed by atoms with van der Waals surface area (Å²) in [5, 5.41) is 28.1. The number of nitrogens with zero attached hydrogens (tertiary/aromatic N) is 1. The zero-order valence-electron chi connectivity index (χ0n) is 8.51. The fraction of sp³-hybridized carbons (Fsp3) is 0.750. The number of nitrogens with one attached hydrogen (secondary N) is 1. The van der Waals surface area contributed by atoms with Crippen molar-refractivity contribution < 1.29 is 24.9 Å². The fourth-order valence-electron chi connectivity index (χ4n) is 0.826. The van der Waals surface area contributed by atoms with E-state index in [2.05, 4.69) is 5.32 Å². The van der Waals surface area contributed by atoms with Crippen LogP contribution in [-0.2, 0) is 4.79 Å². The van der Waals surface area contributed by atoms with E-state index in [0.29, 0.717) is 0 Å². The predicted molar refractivity (Wildman–Crippen MR) is 51.4 cm³/mol. The Morgan fingerprint density at radius 2 is 2.07 bits per heavy atom. The van der Waals surface area contributed by atoms with E-state index in [-0.39, 0.29) is 26.1 Å². The minimum Gasteiger partial charge on any atom is -0.479 e. The molecular formula is C8H16N2O5. The SMILES string of the molecule is CN(CCO)C(=O)NCC[C@H](O)C(=O)O. The summed E-state index contributed by atoms with van der Waals surface area (Å²) < 4.78 is 0. The highest BCUT2D eigenvalue weighted by Gasteiger charge is 2.13. The second-order valence-electron chi connectivity index (χ2n) is 3.02. The zero-order valence-corrected chi connectivity index (χ0v) is 8.51. The lowest BCUT2D eigenvalue weighted by Crippen LogP contribution is -2.40. The maximum absolute atomic E-state index is 11.2. The quantitative estimate of drug-likeness (QED) is 0.433. The number of urea groups is 1. The Labute approximate surface area is 87.3 Å². The van der Waals surface area contributed by atoms with Crippen molar-refractivity contribution in [1.29, 1.82) is 0 Å². The Morgan fingerprint density at radius 3 is 2.53 bits per heavy atom. The van der Waals surface area contributed by atoms with Crippen molar-refractivity contribution in [2.75, 3.05) is 26.7 Å². The molecule has 0 bridgehead atoms. The number of hydrogen-bond donors (Lipinski definition) is 4. The van der Waals surface area contributed by atoms with Gasteiger partial charge in [-0.2, -0.15) is 0 Å². The van der Waals surface area contributed by atoms with Crippen LogP contribution in [0.1, 0.15) is 6.42 Å². The van der Waals surface area contributed by atoms with Crippen LogP contribution < -0.4 is 5.32 Å². The van der Waals surface area contributed by atoms with Crippen LogP contribution in [-0.4, -0.2) is 65.1 Å². The summed E-state index contributed by atoms with van der Waals surface area (Å²) in [4.78, 5) is 22.6. The lowest BCUT2D eigenvalue weighted by atomic mass is 10.2. The smallest absolute Gasteiger partial charge is 0.332 e. The van der Waals surface area contributed by atoms with Gasteiger partial charge in [-0.1, -0.05) is 0 Å². The fourth-order valence-corrected chi connectivity index (χ4v) is 0.826. The number of aliphatic hydroxyl groups excluding tert-OH is 2. The van der Waals surface area contributed by atoms with Crippen molar-refractivity contribution in [3.63, 3.8) is 0 Å². The molecule has 7 heteroatoms. The van der Waals surface area contributed by atoms with Gasteiger partial charge in [0, 0.05) is 26.6 Å². The monoisotopic (exact) mass is 220 g/mol. The molecule has 0 aromatic rings. The zero-order chi connectivity index (χ0) is 11.8. The van der Waals surface area contributed by atoms with Gasteiger partial charge in [-0.15, -0.1) is 0 Å². The average Bonchev–Trinajstić information content (AvgIpc) is 2.17. The molecule has 0 unspecified atom stereocenters. The van der Waals surface area contributed by atoms with E-state index in [9.17, 15) is 9.59 Å². The van der Waals surface area contributed by atoms with E-state index in [0.717, 1.165) is 0 Å². The lowest BCUT2D eigenvalue weighted by Gasteiger charge is -2.16. The molecule has 0 aliphatic rings. The van der Waals surface area contributed by atoms with Gasteiger partial charge in [0.1, 0.15) is 0 Å². The molecule has 0 aliphatic heterocycles. The molecule has 0 radical (unpaired) electrons. The van der Waals surface area contributed by atoms with E-state index in [1.54, 1.807) is 0 Å². The van der Waals surface area contributed by atoms with Gasteiger partial charge in [0.2, 0.25) is 0 Å². The van der Waals surface area contributed by atoms with Crippen LogP contribution >= 0.6 is 0 Å². The second kappa shape index (κ2) is 7.02. The number of carboxylic acids is 1. The van der Waals surface area contributed by atoms with Crippen LogP contribution in [0.2, 0.25) is 0 Å². The van der Waals surface area contributed by atoms with E-state index in [4.69, 9.17) is 15.3 Å². The Kier molecular flexibility index (Phi) is 6.39. The average molecular weight is 220 g/mol. The third kappa shape index (κ3) is 5.87. The predicted octanol–water partition coefficient (Wildman–Crippen LogP) is -1.54. The van der Waals surface area contributed by atoms with Crippen LogP contribution in [0, 0.1) is 0 Å². The minimum atomic E-state index is -1.46. The summed E-state index contributed by atoms with van der Waals surface area (Å²) >= 11 is 0. The summed E-state index contributed by atoms with van der Waals surface area (Å²) in [6.45, 7) is 0.136. The van der Waals surface area contributed by atoms with Gasteiger partial charge in [-0.05, 0) is 0 Å². The molecular weight excluding hydrogens is 204 g/mol. The molecule has 0 saturated carbocycles. The molecule has 0 rings (SSSR count). The van der Waals surface area contributed by atoms with Gasteiger partial charge in [0.25, 0.3) is 0 Å². The number of likely N-dealkylation sites (N-methyl/N-ethyl adjacent to an activating group) is 1. The first-order chi connectivity index (χ1) is 6.99. The number of aliphatic carboxylic acids is 1. The molecule has 0 aromatic carbocycles. The minimum absolute atomic E-state index is 0.0476. The van der Waals surface area contributed by atoms with Crippen molar-refractivity contribution in [3.8, 4) is 0 Å². The highest BCUT2D eigenvalue weighted by Crippen LogP contribution is 1.90. The number of rotatable bonds is 6.